The van der Waals surface area contributed by atoms with Crippen LogP contribution in [-0.4, -0.2) is 0 Å². The van der Waals surface area contributed by atoms with E-state index >= 15 is 0 Å². The second kappa shape index (κ2) is 12.8. The predicted molar refractivity (Wildman–Crippen MR) is 246 cm³/mol. The number of rotatable bonds is 5. The summed E-state index contributed by atoms with van der Waals surface area (Å²) < 4.78 is 0. The number of nitrogens with zero attached hydrogens (tertiary/aromatic N) is 1. The Morgan fingerprint density at radius 1 is 0.483 bits per heavy atom. The van der Waals surface area contributed by atoms with Gasteiger partial charge in [0.05, 0.1) is 5.69 Å². The number of fused-ring (bicyclic) bond motifs is 4. The van der Waals surface area contributed by atoms with Crippen LogP contribution in [0, 0.1) is 23.7 Å². The van der Waals surface area contributed by atoms with Crippen molar-refractivity contribution in [3.05, 3.63) is 174 Å². The first-order valence-electron chi connectivity index (χ1n) is 21.9. The molecule has 5 atom stereocenters. The average molecular weight is 754 g/mol. The molecule has 1 spiro atoms. The molecule has 288 valence electrons. The highest BCUT2D eigenvalue weighted by Crippen LogP contribution is 2.73. The Morgan fingerprint density at radius 2 is 1.12 bits per heavy atom. The van der Waals surface area contributed by atoms with Gasteiger partial charge in [0.15, 0.2) is 0 Å². The smallest absolute Gasteiger partial charge is 0.0540 e. The molecule has 4 saturated carbocycles. The Kier molecular flexibility index (Phi) is 7.89. The molecule has 4 fully saturated rings. The van der Waals surface area contributed by atoms with Gasteiger partial charge in [-0.25, -0.2) is 0 Å². The molecule has 0 heterocycles. The van der Waals surface area contributed by atoms with Crippen molar-refractivity contribution in [1.29, 1.82) is 0 Å². The standard InChI is InChI=1S/C57H55N/c1-55(2,3)40-32-41(56(4,5)6)34-44(33-40)58(53-25-13-11-21-48(53)49-23-15-19-38-18-14-22-45(54(38)49)37-16-8-7-9-17-37)43-26-27-47-46-20-10-12-24-50(46)57(52(47)35-43)42-29-36-28-39(31-42)51(57)30-36/h7-27,32-36,39,42,51H,28-31H2,1-6H3. The van der Waals surface area contributed by atoms with Crippen LogP contribution in [0.15, 0.2) is 152 Å². The van der Waals surface area contributed by atoms with Crippen molar-refractivity contribution in [2.75, 3.05) is 4.90 Å². The van der Waals surface area contributed by atoms with E-state index in [1.165, 1.54) is 98.0 Å². The van der Waals surface area contributed by atoms with Crippen molar-refractivity contribution in [3.8, 4) is 33.4 Å². The molecular weight excluding hydrogens is 699 g/mol. The molecule has 12 rings (SSSR count). The molecule has 5 aliphatic carbocycles. The largest absolute Gasteiger partial charge is 0.310 e. The minimum Gasteiger partial charge on any atom is -0.310 e. The highest BCUT2D eigenvalue weighted by Gasteiger charge is 2.66. The van der Waals surface area contributed by atoms with Crippen LogP contribution in [0.4, 0.5) is 17.1 Å². The van der Waals surface area contributed by atoms with Crippen molar-refractivity contribution in [1.82, 2.24) is 0 Å². The highest BCUT2D eigenvalue weighted by molar-refractivity contribution is 6.09. The van der Waals surface area contributed by atoms with Crippen molar-refractivity contribution in [2.45, 2.75) is 83.5 Å². The summed E-state index contributed by atoms with van der Waals surface area (Å²) in [7, 11) is 0. The normalized spacial score (nSPS) is 22.8. The van der Waals surface area contributed by atoms with E-state index in [2.05, 4.69) is 198 Å². The average Bonchev–Trinajstić information content (AvgIpc) is 3.77. The fourth-order valence-corrected chi connectivity index (χ4v) is 12.5. The third-order valence-corrected chi connectivity index (χ3v) is 14.9. The Bertz CT molecular complexity index is 2700. The van der Waals surface area contributed by atoms with E-state index in [1.54, 1.807) is 11.1 Å². The van der Waals surface area contributed by atoms with Crippen LogP contribution >= 0.6 is 0 Å². The van der Waals surface area contributed by atoms with E-state index < -0.39 is 0 Å². The second-order valence-electron chi connectivity index (χ2n) is 20.2. The lowest BCUT2D eigenvalue weighted by Gasteiger charge is -2.44. The first kappa shape index (κ1) is 35.7. The van der Waals surface area contributed by atoms with Crippen LogP contribution in [0.3, 0.4) is 0 Å². The molecule has 0 radical (unpaired) electrons. The molecular formula is C57H55N. The van der Waals surface area contributed by atoms with Gasteiger partial charge in [-0.05, 0) is 151 Å². The number of hydrogen-bond donors (Lipinski definition) is 0. The zero-order chi connectivity index (χ0) is 39.6. The van der Waals surface area contributed by atoms with Gasteiger partial charge in [-0.2, -0.15) is 0 Å². The maximum Gasteiger partial charge on any atom is 0.0540 e. The first-order valence-corrected chi connectivity index (χ1v) is 21.9. The molecule has 7 aromatic rings. The van der Waals surface area contributed by atoms with Crippen LogP contribution < -0.4 is 4.90 Å². The van der Waals surface area contributed by atoms with E-state index in [9.17, 15) is 0 Å². The Balaban J connectivity index is 1.19. The lowest BCUT2D eigenvalue weighted by atomic mass is 9.59. The second-order valence-corrected chi connectivity index (χ2v) is 20.2. The summed E-state index contributed by atoms with van der Waals surface area (Å²) in [4.78, 5) is 2.63. The van der Waals surface area contributed by atoms with Gasteiger partial charge in [0.2, 0.25) is 0 Å². The molecule has 0 amide bonds. The van der Waals surface area contributed by atoms with Crippen LogP contribution in [0.2, 0.25) is 0 Å². The summed E-state index contributed by atoms with van der Waals surface area (Å²) in [6.45, 7) is 14.2. The Hall–Kier alpha value is -5.40. The van der Waals surface area contributed by atoms with E-state index in [-0.39, 0.29) is 16.2 Å². The lowest BCUT2D eigenvalue weighted by molar-refractivity contribution is 0.191. The van der Waals surface area contributed by atoms with Crippen molar-refractivity contribution in [2.24, 2.45) is 23.7 Å². The zero-order valence-electron chi connectivity index (χ0n) is 35.0. The maximum absolute atomic E-state index is 2.67. The minimum atomic E-state index is -0.0207. The third kappa shape index (κ3) is 5.28. The first-order chi connectivity index (χ1) is 28.0. The summed E-state index contributed by atoms with van der Waals surface area (Å²) in [5.41, 5.74) is 17.6. The summed E-state index contributed by atoms with van der Waals surface area (Å²) >= 11 is 0. The highest BCUT2D eigenvalue weighted by atomic mass is 15.1. The van der Waals surface area contributed by atoms with Gasteiger partial charge in [0.1, 0.15) is 0 Å². The molecule has 1 heteroatoms. The van der Waals surface area contributed by atoms with E-state index in [0.717, 1.165) is 23.7 Å². The molecule has 0 saturated heterocycles. The topological polar surface area (TPSA) is 3.24 Å². The lowest BCUT2D eigenvalue weighted by Crippen LogP contribution is -2.40. The van der Waals surface area contributed by atoms with Crippen molar-refractivity contribution >= 4 is 27.8 Å². The van der Waals surface area contributed by atoms with Crippen molar-refractivity contribution < 1.29 is 0 Å². The number of benzene rings is 7. The maximum atomic E-state index is 2.67. The predicted octanol–water partition coefficient (Wildman–Crippen LogP) is 15.6. The van der Waals surface area contributed by atoms with Gasteiger partial charge in [0.25, 0.3) is 0 Å². The molecule has 1 nitrogen and oxygen atoms in total. The van der Waals surface area contributed by atoms with Crippen molar-refractivity contribution in [3.63, 3.8) is 0 Å². The van der Waals surface area contributed by atoms with Gasteiger partial charge in [-0.1, -0.05) is 163 Å². The van der Waals surface area contributed by atoms with Gasteiger partial charge in [0, 0.05) is 22.4 Å². The molecule has 0 aliphatic heterocycles. The van der Waals surface area contributed by atoms with Gasteiger partial charge in [-0.3, -0.25) is 0 Å². The quantitative estimate of drug-likeness (QED) is 0.169. The zero-order valence-corrected chi connectivity index (χ0v) is 35.0. The van der Waals surface area contributed by atoms with Gasteiger partial charge in [-0.15, -0.1) is 0 Å². The summed E-state index contributed by atoms with van der Waals surface area (Å²) in [5, 5.41) is 2.55. The van der Waals surface area contributed by atoms with Crippen LogP contribution in [0.1, 0.15) is 89.5 Å². The number of para-hydroxylation sites is 1. The monoisotopic (exact) mass is 753 g/mol. The van der Waals surface area contributed by atoms with E-state index in [4.69, 9.17) is 0 Å². The van der Waals surface area contributed by atoms with Crippen LogP contribution in [-0.2, 0) is 16.2 Å². The Morgan fingerprint density at radius 3 is 1.84 bits per heavy atom. The molecule has 0 N–H and O–H groups in total. The fourth-order valence-electron chi connectivity index (χ4n) is 12.5. The number of anilines is 3. The van der Waals surface area contributed by atoms with E-state index in [1.807, 2.05) is 0 Å². The van der Waals surface area contributed by atoms with E-state index in [0.29, 0.717) is 0 Å². The number of hydrogen-bond acceptors (Lipinski definition) is 1. The third-order valence-electron chi connectivity index (χ3n) is 14.9. The van der Waals surface area contributed by atoms with Crippen LogP contribution in [0.5, 0.6) is 0 Å². The van der Waals surface area contributed by atoms with Gasteiger partial charge < -0.3 is 4.90 Å². The molecule has 5 unspecified atom stereocenters. The summed E-state index contributed by atoms with van der Waals surface area (Å²) in [6.07, 6.45) is 5.59. The molecule has 5 aliphatic rings. The van der Waals surface area contributed by atoms with Crippen LogP contribution in [0.25, 0.3) is 44.2 Å². The Labute approximate surface area is 345 Å². The summed E-state index contributed by atoms with van der Waals surface area (Å²) in [6, 6.07) is 58.3. The summed E-state index contributed by atoms with van der Waals surface area (Å²) in [5.74, 6) is 3.22. The minimum absolute atomic E-state index is 0.0207. The fraction of sp³-hybridized carbons (Fsp3) is 0.298. The molecule has 58 heavy (non-hydrogen) atoms. The SMILES string of the molecule is CC(C)(C)c1cc(N(c2ccc3c(c2)C2(c4ccccc4-3)C3CC4CC(C3)C2C4)c2ccccc2-c2cccc3cccc(-c4ccccc4)c23)cc(C(C)(C)C)c1. The molecule has 7 aromatic carbocycles. The molecule has 0 aromatic heterocycles. The molecule has 4 bridgehead atoms. The van der Waals surface area contributed by atoms with Gasteiger partial charge >= 0.3 is 0 Å².